The zero-order valence-corrected chi connectivity index (χ0v) is 15.0. The maximum atomic E-state index is 12.3. The lowest BCUT2D eigenvalue weighted by Gasteiger charge is -2.27. The van der Waals surface area contributed by atoms with Crippen LogP contribution >= 0.6 is 0 Å². The third-order valence-electron chi connectivity index (χ3n) is 4.69. The van der Waals surface area contributed by atoms with Crippen LogP contribution in [0.1, 0.15) is 55.6 Å². The monoisotopic (exact) mass is 338 g/mol. The smallest absolute Gasteiger partial charge is 0.272 e. The van der Waals surface area contributed by atoms with Gasteiger partial charge in [-0.05, 0) is 44.4 Å². The van der Waals surface area contributed by atoms with Crippen molar-refractivity contribution in [2.45, 2.75) is 58.2 Å². The molecule has 1 aromatic heterocycles. The summed E-state index contributed by atoms with van der Waals surface area (Å²) in [5, 5.41) is 11.5. The summed E-state index contributed by atoms with van der Waals surface area (Å²) < 4.78 is 0. The molecular weight excluding hydrogens is 312 g/mol. The largest absolute Gasteiger partial charge is 0.348 e. The Kier molecular flexibility index (Phi) is 5.64. The molecule has 1 aliphatic carbocycles. The van der Waals surface area contributed by atoms with Crippen molar-refractivity contribution in [3.63, 3.8) is 0 Å². The number of benzene rings is 1. The third kappa shape index (κ3) is 4.56. The van der Waals surface area contributed by atoms with Crippen molar-refractivity contribution in [3.8, 4) is 0 Å². The molecule has 0 spiro atoms. The first-order chi connectivity index (χ1) is 12.1. The Morgan fingerprint density at radius 2 is 1.84 bits per heavy atom. The Hall–Kier alpha value is -2.43. The van der Waals surface area contributed by atoms with Crippen molar-refractivity contribution in [1.82, 2.24) is 15.5 Å². The van der Waals surface area contributed by atoms with Crippen molar-refractivity contribution < 1.29 is 4.79 Å². The maximum absolute atomic E-state index is 12.3. The third-order valence-corrected chi connectivity index (χ3v) is 4.69. The SMILES string of the molecule is CC(C)N(Cc1ccccc1)c1ccc(C(=O)NC2CCCC2)nn1. The second-order valence-electron chi connectivity index (χ2n) is 6.94. The molecule has 0 unspecified atom stereocenters. The molecule has 1 N–H and O–H groups in total. The van der Waals surface area contributed by atoms with E-state index < -0.39 is 0 Å². The quantitative estimate of drug-likeness (QED) is 0.875. The lowest BCUT2D eigenvalue weighted by molar-refractivity contribution is 0.0932. The summed E-state index contributed by atoms with van der Waals surface area (Å²) in [5.41, 5.74) is 1.61. The van der Waals surface area contributed by atoms with E-state index >= 15 is 0 Å². The van der Waals surface area contributed by atoms with Crippen molar-refractivity contribution >= 4 is 11.7 Å². The molecular formula is C20H26N4O. The zero-order valence-electron chi connectivity index (χ0n) is 15.0. The van der Waals surface area contributed by atoms with Gasteiger partial charge in [0.25, 0.3) is 5.91 Å². The number of carbonyl (C=O) groups is 1. The number of hydrogen-bond donors (Lipinski definition) is 1. The molecule has 5 heteroatoms. The maximum Gasteiger partial charge on any atom is 0.272 e. The molecule has 5 nitrogen and oxygen atoms in total. The predicted molar refractivity (Wildman–Crippen MR) is 99.5 cm³/mol. The molecule has 0 saturated heterocycles. The van der Waals surface area contributed by atoms with Crippen molar-refractivity contribution in [1.29, 1.82) is 0 Å². The average molecular weight is 338 g/mol. The normalized spacial score (nSPS) is 14.7. The van der Waals surface area contributed by atoms with Crippen LogP contribution in [-0.4, -0.2) is 28.2 Å². The molecule has 1 fully saturated rings. The molecule has 25 heavy (non-hydrogen) atoms. The zero-order chi connectivity index (χ0) is 17.6. The molecule has 1 heterocycles. The summed E-state index contributed by atoms with van der Waals surface area (Å²) in [7, 11) is 0. The fourth-order valence-electron chi connectivity index (χ4n) is 3.24. The molecule has 1 aromatic carbocycles. The topological polar surface area (TPSA) is 58.1 Å². The van der Waals surface area contributed by atoms with Crippen LogP contribution < -0.4 is 10.2 Å². The molecule has 0 bridgehead atoms. The number of nitrogens with zero attached hydrogens (tertiary/aromatic N) is 3. The van der Waals surface area contributed by atoms with Gasteiger partial charge in [-0.1, -0.05) is 43.2 Å². The molecule has 0 atom stereocenters. The number of amides is 1. The first kappa shape index (κ1) is 17.4. The summed E-state index contributed by atoms with van der Waals surface area (Å²) in [5.74, 6) is 0.668. The number of aromatic nitrogens is 2. The summed E-state index contributed by atoms with van der Waals surface area (Å²) >= 11 is 0. The van der Waals surface area contributed by atoms with Gasteiger partial charge in [-0.15, -0.1) is 10.2 Å². The van der Waals surface area contributed by atoms with Gasteiger partial charge in [0.2, 0.25) is 0 Å². The van der Waals surface area contributed by atoms with Crippen LogP contribution in [0.2, 0.25) is 0 Å². The van der Waals surface area contributed by atoms with Gasteiger partial charge in [0, 0.05) is 18.6 Å². The van der Waals surface area contributed by atoms with Gasteiger partial charge in [0.1, 0.15) is 0 Å². The van der Waals surface area contributed by atoms with E-state index in [4.69, 9.17) is 0 Å². The Morgan fingerprint density at radius 3 is 2.44 bits per heavy atom. The summed E-state index contributed by atoms with van der Waals surface area (Å²) in [6.07, 6.45) is 4.52. The highest BCUT2D eigenvalue weighted by Gasteiger charge is 2.19. The van der Waals surface area contributed by atoms with E-state index in [0.29, 0.717) is 11.7 Å². The number of nitrogens with one attached hydrogen (secondary N) is 1. The van der Waals surface area contributed by atoms with Gasteiger partial charge in [-0.25, -0.2) is 0 Å². The van der Waals surface area contributed by atoms with Crippen LogP contribution in [0.15, 0.2) is 42.5 Å². The minimum absolute atomic E-state index is 0.120. The lowest BCUT2D eigenvalue weighted by Crippen LogP contribution is -2.34. The fourth-order valence-corrected chi connectivity index (χ4v) is 3.24. The molecule has 3 rings (SSSR count). The van der Waals surface area contributed by atoms with Gasteiger partial charge in [-0.3, -0.25) is 4.79 Å². The van der Waals surface area contributed by atoms with Crippen molar-refractivity contribution in [2.24, 2.45) is 0 Å². The number of carbonyl (C=O) groups excluding carboxylic acids is 1. The minimum atomic E-state index is -0.120. The highest BCUT2D eigenvalue weighted by atomic mass is 16.2. The first-order valence-corrected chi connectivity index (χ1v) is 9.08. The minimum Gasteiger partial charge on any atom is -0.348 e. The van der Waals surface area contributed by atoms with Gasteiger partial charge >= 0.3 is 0 Å². The molecule has 1 amide bonds. The number of anilines is 1. The summed E-state index contributed by atoms with van der Waals surface area (Å²) in [4.78, 5) is 14.5. The number of rotatable bonds is 6. The van der Waals surface area contributed by atoms with E-state index in [1.54, 1.807) is 6.07 Å². The second kappa shape index (κ2) is 8.10. The van der Waals surface area contributed by atoms with Gasteiger partial charge in [0.05, 0.1) is 0 Å². The van der Waals surface area contributed by atoms with Gasteiger partial charge in [0.15, 0.2) is 11.5 Å². The van der Waals surface area contributed by atoms with E-state index in [-0.39, 0.29) is 11.9 Å². The van der Waals surface area contributed by atoms with E-state index in [2.05, 4.69) is 46.4 Å². The lowest BCUT2D eigenvalue weighted by atomic mass is 10.2. The summed E-state index contributed by atoms with van der Waals surface area (Å²) in [6, 6.07) is 14.5. The highest BCUT2D eigenvalue weighted by molar-refractivity contribution is 5.92. The van der Waals surface area contributed by atoms with Crippen LogP contribution in [0.4, 0.5) is 5.82 Å². The summed E-state index contributed by atoms with van der Waals surface area (Å²) in [6.45, 7) is 5.03. The van der Waals surface area contributed by atoms with Crippen LogP contribution in [0.5, 0.6) is 0 Å². The Balaban J connectivity index is 1.69. The predicted octanol–water partition coefficient (Wildman–Crippen LogP) is 3.56. The van der Waals surface area contributed by atoms with Gasteiger partial charge < -0.3 is 10.2 Å². The van der Waals surface area contributed by atoms with Crippen LogP contribution in [0.3, 0.4) is 0 Å². The van der Waals surface area contributed by atoms with Gasteiger partial charge in [-0.2, -0.15) is 0 Å². The fraction of sp³-hybridized carbons (Fsp3) is 0.450. The van der Waals surface area contributed by atoms with Crippen LogP contribution in [0.25, 0.3) is 0 Å². The molecule has 132 valence electrons. The standard InChI is InChI=1S/C20H26N4O/c1-15(2)24(14-16-8-4-3-5-9-16)19-13-12-18(22-23-19)20(25)21-17-10-6-7-11-17/h3-5,8-9,12-13,15,17H,6-7,10-11,14H2,1-2H3,(H,21,25). The number of hydrogen-bond acceptors (Lipinski definition) is 4. The highest BCUT2D eigenvalue weighted by Crippen LogP contribution is 2.19. The molecule has 1 saturated carbocycles. The van der Waals surface area contributed by atoms with Crippen molar-refractivity contribution in [3.05, 3.63) is 53.7 Å². The average Bonchev–Trinajstić information content (AvgIpc) is 3.13. The Bertz CT molecular complexity index is 679. The van der Waals surface area contributed by atoms with E-state index in [0.717, 1.165) is 25.2 Å². The van der Waals surface area contributed by atoms with Crippen LogP contribution in [-0.2, 0) is 6.54 Å². The molecule has 0 radical (unpaired) electrons. The Labute approximate surface area is 149 Å². The Morgan fingerprint density at radius 1 is 1.12 bits per heavy atom. The second-order valence-corrected chi connectivity index (χ2v) is 6.94. The molecule has 2 aromatic rings. The molecule has 1 aliphatic rings. The first-order valence-electron chi connectivity index (χ1n) is 9.08. The van der Waals surface area contributed by atoms with E-state index in [9.17, 15) is 4.79 Å². The molecule has 0 aliphatic heterocycles. The van der Waals surface area contributed by atoms with Crippen LogP contribution in [0, 0.1) is 0 Å². The van der Waals surface area contributed by atoms with E-state index in [1.165, 1.54) is 18.4 Å². The van der Waals surface area contributed by atoms with E-state index in [1.807, 2.05) is 24.3 Å². The van der Waals surface area contributed by atoms with Crippen molar-refractivity contribution in [2.75, 3.05) is 4.90 Å².